The molecule has 10 nitrogen and oxygen atoms in total. The molecular formula is C22H30BrFN4O6Si. The number of carbonyl (C=O) groups is 1. The van der Waals surface area contributed by atoms with E-state index in [-0.39, 0.29) is 40.7 Å². The highest BCUT2D eigenvalue weighted by Gasteiger charge is 2.43. The second kappa shape index (κ2) is 10.7. The number of hydrogen-bond donors (Lipinski definition) is 1. The third-order valence-corrected chi connectivity index (χ3v) is 7.19. The molecule has 2 aromatic rings. The largest absolute Gasteiger partial charge is 0.441 e. The molecule has 1 fully saturated rings. The normalized spacial score (nSPS) is 18.1. The summed E-state index contributed by atoms with van der Waals surface area (Å²) in [5.41, 5.74) is 0.299. The number of aliphatic hydroxyl groups excluding tert-OH is 1. The Morgan fingerprint density at radius 1 is 1.43 bits per heavy atom. The van der Waals surface area contributed by atoms with E-state index in [1.807, 2.05) is 20.8 Å². The molecule has 192 valence electrons. The van der Waals surface area contributed by atoms with Crippen molar-refractivity contribution >= 4 is 42.6 Å². The van der Waals surface area contributed by atoms with Crippen LogP contribution in [-0.2, 0) is 15.7 Å². The molecular weight excluding hydrogens is 543 g/mol. The van der Waals surface area contributed by atoms with Gasteiger partial charge in [0.2, 0.25) is 0 Å². The monoisotopic (exact) mass is 572 g/mol. The van der Waals surface area contributed by atoms with Gasteiger partial charge in [0.1, 0.15) is 18.1 Å². The van der Waals surface area contributed by atoms with Crippen LogP contribution in [0.2, 0.25) is 13.1 Å². The van der Waals surface area contributed by atoms with Crippen LogP contribution in [-0.4, -0.2) is 60.1 Å². The smallest absolute Gasteiger partial charge is 0.414 e. The van der Waals surface area contributed by atoms with E-state index in [1.54, 1.807) is 6.07 Å². The third kappa shape index (κ3) is 6.26. The Labute approximate surface area is 213 Å². The summed E-state index contributed by atoms with van der Waals surface area (Å²) in [5, 5.41) is 20.9. The number of aliphatic hydroxyl groups is 1. The SMILES string of the molecule is C[SiH](C)OC(C1CN(c2ccc(C(CO)Cn3cc([N+](=O)[O-])nc3Br)c(F)c2)C(=O)O1)C(C)(C)C. The molecule has 1 amide bonds. The first-order valence-electron chi connectivity index (χ1n) is 11.2. The highest BCUT2D eigenvalue weighted by atomic mass is 79.9. The number of hydrogen-bond acceptors (Lipinski definition) is 7. The van der Waals surface area contributed by atoms with Gasteiger partial charge in [-0.1, -0.05) is 26.8 Å². The van der Waals surface area contributed by atoms with Gasteiger partial charge >= 0.3 is 11.9 Å². The van der Waals surface area contributed by atoms with Crippen LogP contribution in [0.15, 0.2) is 29.1 Å². The molecule has 1 saturated heterocycles. The van der Waals surface area contributed by atoms with Crippen LogP contribution in [0.25, 0.3) is 0 Å². The molecule has 35 heavy (non-hydrogen) atoms. The minimum Gasteiger partial charge on any atom is -0.441 e. The maximum Gasteiger partial charge on any atom is 0.414 e. The number of benzene rings is 1. The molecule has 0 bridgehead atoms. The van der Waals surface area contributed by atoms with Crippen molar-refractivity contribution in [1.29, 1.82) is 0 Å². The fraction of sp³-hybridized carbons (Fsp3) is 0.545. The highest BCUT2D eigenvalue weighted by Crippen LogP contribution is 2.34. The number of imidazole rings is 1. The first kappa shape index (κ1) is 27.2. The lowest BCUT2D eigenvalue weighted by Crippen LogP contribution is -2.44. The van der Waals surface area contributed by atoms with Crippen LogP contribution >= 0.6 is 15.9 Å². The number of halogens is 2. The zero-order valence-corrected chi connectivity index (χ0v) is 23.0. The van der Waals surface area contributed by atoms with Crippen molar-refractivity contribution in [1.82, 2.24) is 9.55 Å². The molecule has 1 aromatic heterocycles. The maximum absolute atomic E-state index is 15.2. The summed E-state index contributed by atoms with van der Waals surface area (Å²) >= 11 is 3.15. The number of anilines is 1. The third-order valence-electron chi connectivity index (χ3n) is 5.72. The second-order valence-electron chi connectivity index (χ2n) is 9.87. The molecule has 1 aliphatic rings. The van der Waals surface area contributed by atoms with E-state index in [1.165, 1.54) is 27.8 Å². The quantitative estimate of drug-likeness (QED) is 0.271. The van der Waals surface area contributed by atoms with E-state index in [9.17, 15) is 20.0 Å². The Morgan fingerprint density at radius 2 is 2.11 bits per heavy atom. The number of ether oxygens (including phenoxy) is 1. The predicted octanol–water partition coefficient (Wildman–Crippen LogP) is 4.21. The van der Waals surface area contributed by atoms with Crippen molar-refractivity contribution in [3.05, 3.63) is 50.6 Å². The standard InChI is InChI=1S/C22H30BrFN4O6Si/c1-22(2,3)19(34-35(4)5)17-10-27(21(30)33-17)14-6-7-15(16(24)8-14)13(12-29)9-26-11-18(28(31)32)25-20(26)23/h6-8,11,13,17,19,29,35H,9-10,12H2,1-5H3. The summed E-state index contributed by atoms with van der Waals surface area (Å²) in [7, 11) is -1.41. The number of nitrogens with zero attached hydrogens (tertiary/aromatic N) is 4. The van der Waals surface area contributed by atoms with E-state index in [0.717, 1.165) is 0 Å². The predicted molar refractivity (Wildman–Crippen MR) is 134 cm³/mol. The highest BCUT2D eigenvalue weighted by molar-refractivity contribution is 9.10. The van der Waals surface area contributed by atoms with Gasteiger partial charge in [-0.05, 0) is 46.1 Å². The summed E-state index contributed by atoms with van der Waals surface area (Å²) in [6.45, 7) is 10.1. The number of aromatic nitrogens is 2. The fourth-order valence-electron chi connectivity index (χ4n) is 4.10. The number of amides is 1. The summed E-state index contributed by atoms with van der Waals surface area (Å²) in [4.78, 5) is 28.1. The fourth-order valence-corrected chi connectivity index (χ4v) is 5.70. The minimum atomic E-state index is -1.41. The van der Waals surface area contributed by atoms with Crippen LogP contribution in [0.3, 0.4) is 0 Å². The summed E-state index contributed by atoms with van der Waals surface area (Å²) in [6, 6.07) is 4.33. The molecule has 1 aromatic carbocycles. The van der Waals surface area contributed by atoms with Crippen molar-refractivity contribution in [3.8, 4) is 0 Å². The van der Waals surface area contributed by atoms with E-state index in [4.69, 9.17) is 9.16 Å². The van der Waals surface area contributed by atoms with Crippen LogP contribution in [0, 0.1) is 21.3 Å². The summed E-state index contributed by atoms with van der Waals surface area (Å²) < 4.78 is 28.6. The lowest BCUT2D eigenvalue weighted by molar-refractivity contribution is -0.389. The molecule has 1 N–H and O–H groups in total. The van der Waals surface area contributed by atoms with Crippen molar-refractivity contribution in [2.24, 2.45) is 5.41 Å². The van der Waals surface area contributed by atoms with Gasteiger partial charge in [0.15, 0.2) is 9.04 Å². The number of cyclic esters (lactones) is 1. The topological polar surface area (TPSA) is 120 Å². The van der Waals surface area contributed by atoms with Crippen LogP contribution in [0.1, 0.15) is 32.3 Å². The van der Waals surface area contributed by atoms with Gasteiger partial charge in [0, 0.05) is 28.4 Å². The average Bonchev–Trinajstić information content (AvgIpc) is 3.32. The van der Waals surface area contributed by atoms with Crippen LogP contribution in [0.5, 0.6) is 0 Å². The Bertz CT molecular complexity index is 1090. The molecule has 3 rings (SSSR count). The lowest BCUT2D eigenvalue weighted by Gasteiger charge is -2.35. The Hall–Kier alpha value is -2.35. The first-order chi connectivity index (χ1) is 16.3. The Morgan fingerprint density at radius 3 is 2.63 bits per heavy atom. The molecule has 0 radical (unpaired) electrons. The lowest BCUT2D eigenvalue weighted by atomic mass is 9.86. The van der Waals surface area contributed by atoms with E-state index in [0.29, 0.717) is 5.69 Å². The summed E-state index contributed by atoms with van der Waals surface area (Å²) in [6.07, 6.45) is -0.130. The van der Waals surface area contributed by atoms with Crippen molar-refractivity contribution < 1.29 is 28.4 Å². The minimum absolute atomic E-state index is 0.0612. The molecule has 0 spiro atoms. The van der Waals surface area contributed by atoms with Crippen LogP contribution in [0.4, 0.5) is 20.7 Å². The van der Waals surface area contributed by atoms with Gasteiger partial charge in [0.25, 0.3) is 4.73 Å². The van der Waals surface area contributed by atoms with Gasteiger partial charge in [-0.3, -0.25) is 9.47 Å². The molecule has 0 saturated carbocycles. The average molecular weight is 573 g/mol. The molecule has 2 heterocycles. The van der Waals surface area contributed by atoms with E-state index < -0.39 is 44.5 Å². The molecule has 1 aliphatic heterocycles. The second-order valence-corrected chi connectivity index (χ2v) is 12.9. The van der Waals surface area contributed by atoms with Crippen molar-refractivity contribution in [3.63, 3.8) is 0 Å². The zero-order chi connectivity index (χ0) is 26.1. The summed E-state index contributed by atoms with van der Waals surface area (Å²) in [5.74, 6) is -1.66. The maximum atomic E-state index is 15.2. The van der Waals surface area contributed by atoms with E-state index >= 15 is 4.39 Å². The van der Waals surface area contributed by atoms with E-state index in [2.05, 4.69) is 34.0 Å². The number of carbonyl (C=O) groups excluding carboxylic acids is 1. The van der Waals surface area contributed by atoms with Gasteiger partial charge < -0.3 is 24.4 Å². The van der Waals surface area contributed by atoms with Gasteiger partial charge in [-0.2, -0.15) is 0 Å². The zero-order valence-electron chi connectivity index (χ0n) is 20.3. The molecule has 3 unspecified atom stereocenters. The van der Waals surface area contributed by atoms with Crippen LogP contribution < -0.4 is 4.90 Å². The number of nitro groups is 1. The molecule has 0 aliphatic carbocycles. The number of rotatable bonds is 9. The van der Waals surface area contributed by atoms with Gasteiger partial charge in [-0.15, -0.1) is 0 Å². The van der Waals surface area contributed by atoms with Gasteiger partial charge in [0.05, 0.1) is 24.9 Å². The van der Waals surface area contributed by atoms with Crippen molar-refractivity contribution in [2.75, 3.05) is 18.1 Å². The molecule has 13 heteroatoms. The van der Waals surface area contributed by atoms with Crippen molar-refractivity contribution in [2.45, 2.75) is 58.5 Å². The molecule has 3 atom stereocenters. The Balaban J connectivity index is 1.80. The van der Waals surface area contributed by atoms with Gasteiger partial charge in [-0.25, -0.2) is 9.18 Å². The Kier molecular flexibility index (Phi) is 8.35. The first-order valence-corrected chi connectivity index (χ1v) is 14.8.